The van der Waals surface area contributed by atoms with E-state index in [0.29, 0.717) is 48.7 Å². The van der Waals surface area contributed by atoms with Gasteiger partial charge in [0.15, 0.2) is 5.16 Å². The average molecular weight is 434 g/mol. The summed E-state index contributed by atoms with van der Waals surface area (Å²) in [6, 6.07) is 7.34. The van der Waals surface area contributed by atoms with Gasteiger partial charge in [0.1, 0.15) is 0 Å². The maximum atomic E-state index is 13.1. The van der Waals surface area contributed by atoms with E-state index in [4.69, 9.17) is 9.47 Å². The van der Waals surface area contributed by atoms with Crippen LogP contribution < -0.4 is 5.56 Å². The van der Waals surface area contributed by atoms with E-state index in [1.807, 2.05) is 50.8 Å². The fourth-order valence-corrected chi connectivity index (χ4v) is 4.52. The van der Waals surface area contributed by atoms with E-state index in [2.05, 4.69) is 4.98 Å². The molecule has 0 bridgehead atoms. The first-order valence-electron chi connectivity index (χ1n) is 10.5. The number of thioether (sulfide) groups is 1. The summed E-state index contributed by atoms with van der Waals surface area (Å²) in [6.07, 6.45) is 0.917. The molecule has 30 heavy (non-hydrogen) atoms. The minimum absolute atomic E-state index is 0.0284. The van der Waals surface area contributed by atoms with Gasteiger partial charge in [0.25, 0.3) is 5.56 Å². The Hall–Kier alpha value is -1.90. The van der Waals surface area contributed by atoms with Crippen LogP contribution in [-0.2, 0) is 20.8 Å². The Labute approximate surface area is 181 Å². The first-order chi connectivity index (χ1) is 14.3. The summed E-state index contributed by atoms with van der Waals surface area (Å²) in [5.41, 5.74) is 0.578. The Morgan fingerprint density at radius 2 is 1.97 bits per heavy atom. The Morgan fingerprint density at radius 3 is 2.67 bits per heavy atom. The fraction of sp³-hybridized carbons (Fsp3) is 0.591. The first kappa shape index (κ1) is 22.8. The van der Waals surface area contributed by atoms with Gasteiger partial charge in [-0.2, -0.15) is 0 Å². The Kier molecular flexibility index (Phi) is 7.91. The molecule has 3 rings (SSSR count). The van der Waals surface area contributed by atoms with E-state index >= 15 is 0 Å². The van der Waals surface area contributed by atoms with Crippen molar-refractivity contribution in [2.24, 2.45) is 0 Å². The molecule has 2 atom stereocenters. The number of nitrogens with zero attached hydrogens (tertiary/aromatic N) is 3. The Morgan fingerprint density at radius 1 is 1.27 bits per heavy atom. The minimum atomic E-state index is -0.0753. The topological polar surface area (TPSA) is 73.7 Å². The van der Waals surface area contributed by atoms with E-state index in [0.717, 1.165) is 0 Å². The van der Waals surface area contributed by atoms with Crippen LogP contribution in [0.3, 0.4) is 0 Å². The van der Waals surface area contributed by atoms with Crippen LogP contribution in [0.1, 0.15) is 34.1 Å². The number of fused-ring (bicyclic) bond motifs is 1. The molecule has 0 radical (unpaired) electrons. The summed E-state index contributed by atoms with van der Waals surface area (Å²) >= 11 is 1.32. The van der Waals surface area contributed by atoms with E-state index in [1.165, 1.54) is 11.8 Å². The van der Waals surface area contributed by atoms with E-state index < -0.39 is 0 Å². The van der Waals surface area contributed by atoms with Crippen molar-refractivity contribution in [3.8, 4) is 0 Å². The molecule has 0 saturated carbocycles. The maximum absolute atomic E-state index is 13.1. The molecule has 1 saturated heterocycles. The summed E-state index contributed by atoms with van der Waals surface area (Å²) in [7, 11) is 0. The molecule has 2 heterocycles. The molecule has 0 spiro atoms. The summed E-state index contributed by atoms with van der Waals surface area (Å²) in [6.45, 7) is 10.2. The molecule has 1 aliphatic rings. The normalized spacial score (nSPS) is 19.6. The SMILES string of the molecule is CC(C)OCCCn1c(SCC(=O)N2CC(C)OC(C)C2)nc2ccccc2c1=O. The smallest absolute Gasteiger partial charge is 0.262 e. The number of para-hydroxylation sites is 1. The number of carbonyl (C=O) groups excluding carboxylic acids is 1. The highest BCUT2D eigenvalue weighted by molar-refractivity contribution is 7.99. The van der Waals surface area contributed by atoms with Gasteiger partial charge in [-0.1, -0.05) is 23.9 Å². The minimum Gasteiger partial charge on any atom is -0.379 e. The van der Waals surface area contributed by atoms with Gasteiger partial charge in [-0.15, -0.1) is 0 Å². The van der Waals surface area contributed by atoms with Crippen LogP contribution >= 0.6 is 11.8 Å². The van der Waals surface area contributed by atoms with Crippen LogP contribution in [0, 0.1) is 0 Å². The van der Waals surface area contributed by atoms with Crippen LogP contribution in [0.2, 0.25) is 0 Å². The van der Waals surface area contributed by atoms with Gasteiger partial charge in [-0.25, -0.2) is 4.98 Å². The molecule has 2 unspecified atom stereocenters. The highest BCUT2D eigenvalue weighted by Crippen LogP contribution is 2.20. The molecule has 1 aromatic heterocycles. The molecule has 7 nitrogen and oxygen atoms in total. The third-order valence-corrected chi connectivity index (χ3v) is 5.86. The van der Waals surface area contributed by atoms with Crippen molar-refractivity contribution in [2.75, 3.05) is 25.4 Å². The summed E-state index contributed by atoms with van der Waals surface area (Å²) in [5.74, 6) is 0.284. The number of aromatic nitrogens is 2. The summed E-state index contributed by atoms with van der Waals surface area (Å²) < 4.78 is 13.0. The molecule has 0 N–H and O–H groups in total. The lowest BCUT2D eigenvalue weighted by Crippen LogP contribution is -2.48. The zero-order chi connectivity index (χ0) is 21.7. The van der Waals surface area contributed by atoms with Crippen molar-refractivity contribution in [3.05, 3.63) is 34.6 Å². The molecular formula is C22H31N3O4S. The number of hydrogen-bond donors (Lipinski definition) is 0. The number of rotatable bonds is 8. The van der Waals surface area contributed by atoms with Gasteiger partial charge in [0, 0.05) is 26.2 Å². The molecule has 1 amide bonds. The van der Waals surface area contributed by atoms with Crippen molar-refractivity contribution in [1.29, 1.82) is 0 Å². The summed E-state index contributed by atoms with van der Waals surface area (Å²) in [5, 5.41) is 1.17. The molecule has 164 valence electrons. The number of amides is 1. The molecule has 8 heteroatoms. The molecule has 1 aromatic carbocycles. The molecule has 0 aliphatic carbocycles. The average Bonchev–Trinajstić information content (AvgIpc) is 2.70. The Balaban J connectivity index is 1.76. The number of ether oxygens (including phenoxy) is 2. The van der Waals surface area contributed by atoms with Crippen LogP contribution in [0.25, 0.3) is 10.9 Å². The van der Waals surface area contributed by atoms with Crippen LogP contribution in [-0.4, -0.2) is 64.1 Å². The molecular weight excluding hydrogens is 402 g/mol. The second kappa shape index (κ2) is 10.4. The third kappa shape index (κ3) is 5.83. The van der Waals surface area contributed by atoms with Crippen molar-refractivity contribution < 1.29 is 14.3 Å². The van der Waals surface area contributed by atoms with Gasteiger partial charge < -0.3 is 14.4 Å². The van der Waals surface area contributed by atoms with E-state index in [1.54, 1.807) is 10.6 Å². The highest BCUT2D eigenvalue weighted by atomic mass is 32.2. The van der Waals surface area contributed by atoms with Gasteiger partial charge in [-0.05, 0) is 46.2 Å². The number of carbonyl (C=O) groups is 1. The van der Waals surface area contributed by atoms with Gasteiger partial charge in [-0.3, -0.25) is 14.2 Å². The van der Waals surface area contributed by atoms with Crippen LogP contribution in [0.15, 0.2) is 34.2 Å². The van der Waals surface area contributed by atoms with Crippen molar-refractivity contribution >= 4 is 28.6 Å². The second-order valence-corrected chi connectivity index (χ2v) is 8.93. The molecule has 1 aliphatic heterocycles. The van der Waals surface area contributed by atoms with Gasteiger partial charge in [0.05, 0.1) is 35.0 Å². The predicted octanol–water partition coefficient (Wildman–Crippen LogP) is 2.94. The van der Waals surface area contributed by atoms with Crippen molar-refractivity contribution in [2.45, 2.75) is 64.1 Å². The van der Waals surface area contributed by atoms with E-state index in [9.17, 15) is 9.59 Å². The zero-order valence-electron chi connectivity index (χ0n) is 18.2. The van der Waals surface area contributed by atoms with Crippen LogP contribution in [0.4, 0.5) is 0 Å². The largest absolute Gasteiger partial charge is 0.379 e. The van der Waals surface area contributed by atoms with Crippen molar-refractivity contribution in [1.82, 2.24) is 14.5 Å². The molecule has 1 fully saturated rings. The predicted molar refractivity (Wildman–Crippen MR) is 119 cm³/mol. The maximum Gasteiger partial charge on any atom is 0.262 e. The third-order valence-electron chi connectivity index (χ3n) is 4.90. The Bertz CT molecular complexity index is 920. The standard InChI is InChI=1S/C22H31N3O4S/c1-15(2)28-11-7-10-25-21(27)18-8-5-6-9-19(18)23-22(25)30-14-20(26)24-12-16(3)29-17(4)13-24/h5-6,8-9,15-17H,7,10-14H2,1-4H3. The lowest BCUT2D eigenvalue weighted by molar-refractivity contribution is -0.140. The van der Waals surface area contributed by atoms with Gasteiger partial charge in [0.2, 0.25) is 5.91 Å². The number of morpholine rings is 1. The zero-order valence-corrected chi connectivity index (χ0v) is 19.0. The van der Waals surface area contributed by atoms with Crippen LogP contribution in [0.5, 0.6) is 0 Å². The number of benzene rings is 1. The quantitative estimate of drug-likeness (QED) is 0.362. The van der Waals surface area contributed by atoms with E-state index in [-0.39, 0.29) is 35.5 Å². The second-order valence-electron chi connectivity index (χ2n) is 7.99. The lowest BCUT2D eigenvalue weighted by Gasteiger charge is -2.35. The monoisotopic (exact) mass is 433 g/mol. The highest BCUT2D eigenvalue weighted by Gasteiger charge is 2.26. The first-order valence-corrected chi connectivity index (χ1v) is 11.5. The summed E-state index contributed by atoms with van der Waals surface area (Å²) in [4.78, 5) is 32.4. The fourth-order valence-electron chi connectivity index (χ4n) is 3.60. The van der Waals surface area contributed by atoms with Crippen molar-refractivity contribution in [3.63, 3.8) is 0 Å². The lowest BCUT2D eigenvalue weighted by atomic mass is 10.2. The molecule has 2 aromatic rings. The number of hydrogen-bond acceptors (Lipinski definition) is 6. The van der Waals surface area contributed by atoms with Gasteiger partial charge >= 0.3 is 0 Å².